The number of anilines is 1. The minimum Gasteiger partial charge on any atom is -0.486 e. The van der Waals surface area contributed by atoms with Crippen molar-refractivity contribution in [1.29, 1.82) is 0 Å². The van der Waals surface area contributed by atoms with E-state index in [-0.39, 0.29) is 30.4 Å². The number of aryl methyl sites for hydroxylation is 1. The molecule has 0 unspecified atom stereocenters. The van der Waals surface area contributed by atoms with Gasteiger partial charge in [-0.3, -0.25) is 9.48 Å². The lowest BCUT2D eigenvalue weighted by atomic mass is 10.2. The number of amides is 1. The monoisotopic (exact) mass is 327 g/mol. The van der Waals surface area contributed by atoms with Crippen LogP contribution in [-0.2, 0) is 24.6 Å². The molecule has 0 spiro atoms. The topological polar surface area (TPSA) is 65.4 Å². The maximum atomic E-state index is 13.0. The van der Waals surface area contributed by atoms with Gasteiger partial charge in [-0.15, -0.1) is 0 Å². The molecule has 0 fully saturated rings. The highest BCUT2D eigenvalue weighted by molar-refractivity contribution is 5.97. The number of para-hydroxylation sites is 1. The smallest absolute Gasteiger partial charge is 0.433 e. The molecular formula is C14H12F3N3O3. The van der Waals surface area contributed by atoms with Crippen LogP contribution in [-0.4, -0.2) is 22.3 Å². The van der Waals surface area contributed by atoms with Gasteiger partial charge in [0.05, 0.1) is 6.20 Å². The van der Waals surface area contributed by atoms with Crippen LogP contribution in [0, 0.1) is 0 Å². The number of ether oxygens (including phenoxy) is 2. The largest absolute Gasteiger partial charge is 0.486 e. The predicted octanol–water partition coefficient (Wildman–Crippen LogP) is 2.35. The Morgan fingerprint density at radius 3 is 2.96 bits per heavy atom. The zero-order valence-electron chi connectivity index (χ0n) is 12.0. The van der Waals surface area contributed by atoms with Crippen LogP contribution in [0.2, 0.25) is 0 Å². The number of fused-ring (bicyclic) bond motifs is 1. The molecule has 3 rings (SSSR count). The maximum absolute atomic E-state index is 13.0. The second-order valence-electron chi connectivity index (χ2n) is 4.89. The molecule has 0 atom stereocenters. The van der Waals surface area contributed by atoms with E-state index in [0.29, 0.717) is 11.4 Å². The predicted molar refractivity (Wildman–Crippen MR) is 73.1 cm³/mol. The van der Waals surface area contributed by atoms with Crippen molar-refractivity contribution in [2.24, 2.45) is 7.05 Å². The number of halogens is 3. The second kappa shape index (κ2) is 5.49. The van der Waals surface area contributed by atoms with Gasteiger partial charge in [-0.1, -0.05) is 6.07 Å². The molecule has 0 aliphatic carbocycles. The maximum Gasteiger partial charge on any atom is 0.433 e. The average Bonchev–Trinajstić information content (AvgIpc) is 2.86. The summed E-state index contributed by atoms with van der Waals surface area (Å²) in [6, 6.07) is 4.80. The van der Waals surface area contributed by atoms with Crippen molar-refractivity contribution in [1.82, 2.24) is 9.78 Å². The van der Waals surface area contributed by atoms with Crippen molar-refractivity contribution >= 4 is 11.6 Å². The van der Waals surface area contributed by atoms with Crippen LogP contribution < -0.4 is 14.8 Å². The van der Waals surface area contributed by atoms with Gasteiger partial charge in [-0.25, -0.2) is 0 Å². The van der Waals surface area contributed by atoms with Crippen LogP contribution in [0.4, 0.5) is 18.9 Å². The highest BCUT2D eigenvalue weighted by atomic mass is 19.4. The molecule has 0 saturated heterocycles. The summed E-state index contributed by atoms with van der Waals surface area (Å²) >= 11 is 0. The van der Waals surface area contributed by atoms with Crippen molar-refractivity contribution < 1.29 is 27.4 Å². The van der Waals surface area contributed by atoms with Crippen LogP contribution in [0.15, 0.2) is 24.4 Å². The number of nitrogens with zero attached hydrogens (tertiary/aromatic N) is 2. The molecule has 122 valence electrons. The fraction of sp³-hybridized carbons (Fsp3) is 0.286. The molecule has 1 aliphatic rings. The number of aromatic nitrogens is 2. The lowest BCUT2D eigenvalue weighted by Gasteiger charge is -2.20. The Labute approximate surface area is 128 Å². The number of hydrogen-bond acceptors (Lipinski definition) is 4. The van der Waals surface area contributed by atoms with E-state index in [2.05, 4.69) is 10.4 Å². The Kier molecular flexibility index (Phi) is 3.63. The van der Waals surface area contributed by atoms with Crippen LogP contribution in [0.25, 0.3) is 0 Å². The van der Waals surface area contributed by atoms with Crippen molar-refractivity contribution in [2.45, 2.75) is 12.8 Å². The Morgan fingerprint density at radius 1 is 1.43 bits per heavy atom. The standard InChI is InChI=1S/C14H12F3N3O3/c1-20-13(14(15,16)17)8(5-18-20)6-22-9-3-2-4-10-12(9)19-11(21)7-23-10/h2-5H,6-7H2,1H3,(H,19,21). The Hall–Kier alpha value is -2.71. The minimum atomic E-state index is -4.53. The molecule has 0 bridgehead atoms. The van der Waals surface area contributed by atoms with Crippen molar-refractivity contribution in [2.75, 3.05) is 11.9 Å². The Morgan fingerprint density at radius 2 is 2.22 bits per heavy atom. The van der Waals surface area contributed by atoms with E-state index in [1.165, 1.54) is 13.1 Å². The quantitative estimate of drug-likeness (QED) is 0.940. The van der Waals surface area contributed by atoms with E-state index >= 15 is 0 Å². The minimum absolute atomic E-state index is 0.0966. The number of nitrogens with one attached hydrogen (secondary N) is 1. The summed E-state index contributed by atoms with van der Waals surface area (Å²) in [5.41, 5.74) is -0.663. The van der Waals surface area contributed by atoms with Gasteiger partial charge in [0.1, 0.15) is 29.5 Å². The first kappa shape index (κ1) is 15.2. The van der Waals surface area contributed by atoms with Crippen LogP contribution >= 0.6 is 0 Å². The molecule has 6 nitrogen and oxygen atoms in total. The summed E-state index contributed by atoms with van der Waals surface area (Å²) in [7, 11) is 1.21. The zero-order valence-corrected chi connectivity index (χ0v) is 12.0. The van der Waals surface area contributed by atoms with E-state index in [1.807, 2.05) is 0 Å². The number of alkyl halides is 3. The normalized spacial score (nSPS) is 14.0. The number of benzene rings is 1. The lowest BCUT2D eigenvalue weighted by molar-refractivity contribution is -0.144. The summed E-state index contributed by atoms with van der Waals surface area (Å²) in [6.45, 7) is -0.452. The van der Waals surface area contributed by atoms with Gasteiger partial charge in [0, 0.05) is 12.6 Å². The first-order valence-electron chi connectivity index (χ1n) is 6.63. The molecule has 1 amide bonds. The molecule has 1 aliphatic heterocycles. The summed E-state index contributed by atoms with van der Waals surface area (Å²) in [6.07, 6.45) is -3.43. The van der Waals surface area contributed by atoms with Gasteiger partial charge in [-0.2, -0.15) is 18.3 Å². The molecule has 2 aromatic rings. The molecular weight excluding hydrogens is 315 g/mol. The molecule has 0 saturated carbocycles. The SMILES string of the molecule is Cn1ncc(COc2cccc3c2NC(=O)CO3)c1C(F)(F)F. The van der Waals surface area contributed by atoms with Gasteiger partial charge in [0.2, 0.25) is 0 Å². The fourth-order valence-corrected chi connectivity index (χ4v) is 2.30. The Balaban J connectivity index is 1.84. The highest BCUT2D eigenvalue weighted by Crippen LogP contribution is 2.37. The molecule has 1 aromatic carbocycles. The summed E-state index contributed by atoms with van der Waals surface area (Å²) < 4.78 is 50.4. The van der Waals surface area contributed by atoms with Crippen molar-refractivity contribution in [3.05, 3.63) is 35.7 Å². The van der Waals surface area contributed by atoms with Crippen molar-refractivity contribution in [3.8, 4) is 11.5 Å². The van der Waals surface area contributed by atoms with Gasteiger partial charge in [-0.05, 0) is 12.1 Å². The molecule has 1 aromatic heterocycles. The van der Waals surface area contributed by atoms with Crippen LogP contribution in [0.3, 0.4) is 0 Å². The van der Waals surface area contributed by atoms with Gasteiger partial charge in [0.25, 0.3) is 5.91 Å². The third-order valence-corrected chi connectivity index (χ3v) is 3.28. The third-order valence-electron chi connectivity index (χ3n) is 3.28. The number of hydrogen-bond donors (Lipinski definition) is 1. The number of carbonyl (C=O) groups is 1. The fourth-order valence-electron chi connectivity index (χ4n) is 2.30. The van der Waals surface area contributed by atoms with Crippen LogP contribution in [0.5, 0.6) is 11.5 Å². The first-order chi connectivity index (χ1) is 10.9. The second-order valence-corrected chi connectivity index (χ2v) is 4.89. The zero-order chi connectivity index (χ0) is 16.6. The van der Waals surface area contributed by atoms with E-state index in [0.717, 1.165) is 10.9 Å². The van der Waals surface area contributed by atoms with E-state index in [9.17, 15) is 18.0 Å². The number of carbonyl (C=O) groups excluding carboxylic acids is 1. The molecule has 0 radical (unpaired) electrons. The summed E-state index contributed by atoms with van der Waals surface area (Å²) in [5.74, 6) is 0.280. The molecule has 2 heterocycles. The number of rotatable bonds is 3. The highest BCUT2D eigenvalue weighted by Gasteiger charge is 2.37. The first-order valence-corrected chi connectivity index (χ1v) is 6.63. The van der Waals surface area contributed by atoms with Gasteiger partial charge >= 0.3 is 6.18 Å². The molecule has 1 N–H and O–H groups in total. The molecule has 9 heteroatoms. The third kappa shape index (κ3) is 2.94. The van der Waals surface area contributed by atoms with E-state index < -0.39 is 11.9 Å². The van der Waals surface area contributed by atoms with Crippen molar-refractivity contribution in [3.63, 3.8) is 0 Å². The summed E-state index contributed by atoms with van der Waals surface area (Å²) in [4.78, 5) is 11.4. The average molecular weight is 327 g/mol. The Bertz CT molecular complexity index is 755. The van der Waals surface area contributed by atoms with E-state index in [1.54, 1.807) is 12.1 Å². The summed E-state index contributed by atoms with van der Waals surface area (Å²) in [5, 5.41) is 6.20. The molecule has 23 heavy (non-hydrogen) atoms. The van der Waals surface area contributed by atoms with Gasteiger partial charge < -0.3 is 14.8 Å². The van der Waals surface area contributed by atoms with Crippen LogP contribution in [0.1, 0.15) is 11.3 Å². The lowest BCUT2D eigenvalue weighted by Crippen LogP contribution is -2.25. The van der Waals surface area contributed by atoms with Gasteiger partial charge in [0.15, 0.2) is 6.61 Å². The van der Waals surface area contributed by atoms with E-state index in [4.69, 9.17) is 9.47 Å².